The maximum atomic E-state index is 12.3. The molecule has 1 saturated carbocycles. The second-order valence-corrected chi connectivity index (χ2v) is 6.98. The number of benzene rings is 1. The third-order valence-corrected chi connectivity index (χ3v) is 5.29. The first-order valence-electron chi connectivity index (χ1n) is 8.72. The van der Waals surface area contributed by atoms with Crippen molar-refractivity contribution in [2.24, 2.45) is 5.92 Å². The Labute approximate surface area is 141 Å². The Balaban J connectivity index is 1.31. The van der Waals surface area contributed by atoms with Gasteiger partial charge in [-0.15, -0.1) is 0 Å². The first-order valence-corrected chi connectivity index (χ1v) is 8.72. The second-order valence-electron chi connectivity index (χ2n) is 6.98. The van der Waals surface area contributed by atoms with E-state index in [1.165, 1.54) is 19.3 Å². The summed E-state index contributed by atoms with van der Waals surface area (Å²) in [6, 6.07) is 7.47. The Kier molecular flexibility index (Phi) is 3.84. The monoisotopic (exact) mass is 325 g/mol. The van der Waals surface area contributed by atoms with Crippen LogP contribution in [0.15, 0.2) is 24.3 Å². The lowest BCUT2D eigenvalue weighted by molar-refractivity contribution is 0.0388. The zero-order valence-electron chi connectivity index (χ0n) is 13.9. The summed E-state index contributed by atoms with van der Waals surface area (Å²) in [4.78, 5) is 16.7. The molecule has 4 rings (SSSR count). The molecule has 0 unspecified atom stereocenters. The number of hydrogen-bond donors (Lipinski definition) is 3. The number of H-pyrrole nitrogens is 1. The molecule has 1 saturated heterocycles. The van der Waals surface area contributed by atoms with Crippen molar-refractivity contribution in [3.05, 3.63) is 35.7 Å². The molecule has 6 heteroatoms. The molecule has 1 aromatic carbocycles. The van der Waals surface area contributed by atoms with E-state index < -0.39 is 0 Å². The van der Waals surface area contributed by atoms with E-state index in [0.29, 0.717) is 22.8 Å². The van der Waals surface area contributed by atoms with Gasteiger partial charge >= 0.3 is 0 Å². The van der Waals surface area contributed by atoms with Crippen LogP contribution in [0.5, 0.6) is 0 Å². The molecule has 3 N–H and O–H groups in total. The average Bonchev–Trinajstić information content (AvgIpc) is 3.01. The SMILES string of the molecule is CCc1nc(-c2ccc(C(=O)NCC3CC4(CCN4)C3)cc2)n[nH]1. The highest BCUT2D eigenvalue weighted by Crippen LogP contribution is 2.43. The van der Waals surface area contributed by atoms with Crippen LogP contribution in [-0.2, 0) is 6.42 Å². The van der Waals surface area contributed by atoms with Crippen LogP contribution >= 0.6 is 0 Å². The highest BCUT2D eigenvalue weighted by Gasteiger charge is 2.47. The van der Waals surface area contributed by atoms with E-state index >= 15 is 0 Å². The first-order chi connectivity index (χ1) is 11.7. The van der Waals surface area contributed by atoms with Crippen molar-refractivity contribution >= 4 is 5.91 Å². The van der Waals surface area contributed by atoms with Crippen molar-refractivity contribution in [3.63, 3.8) is 0 Å². The zero-order chi connectivity index (χ0) is 16.6. The van der Waals surface area contributed by atoms with Crippen molar-refractivity contribution in [1.82, 2.24) is 25.8 Å². The Bertz CT molecular complexity index is 724. The van der Waals surface area contributed by atoms with Gasteiger partial charge in [0.15, 0.2) is 5.82 Å². The van der Waals surface area contributed by atoms with Gasteiger partial charge in [-0.3, -0.25) is 9.89 Å². The van der Waals surface area contributed by atoms with Gasteiger partial charge in [0, 0.05) is 29.6 Å². The van der Waals surface area contributed by atoms with E-state index in [9.17, 15) is 4.79 Å². The highest BCUT2D eigenvalue weighted by molar-refractivity contribution is 5.94. The van der Waals surface area contributed by atoms with Crippen LogP contribution in [-0.4, -0.2) is 39.7 Å². The van der Waals surface area contributed by atoms with Crippen molar-refractivity contribution < 1.29 is 4.79 Å². The van der Waals surface area contributed by atoms with Crippen LogP contribution in [0, 0.1) is 5.92 Å². The van der Waals surface area contributed by atoms with Crippen LogP contribution in [0.4, 0.5) is 0 Å². The maximum absolute atomic E-state index is 12.3. The van der Waals surface area contributed by atoms with Gasteiger partial charge in [-0.25, -0.2) is 4.98 Å². The summed E-state index contributed by atoms with van der Waals surface area (Å²) in [5.74, 6) is 2.15. The summed E-state index contributed by atoms with van der Waals surface area (Å²) in [6.07, 6.45) is 4.50. The van der Waals surface area contributed by atoms with Crippen LogP contribution < -0.4 is 10.6 Å². The summed E-state index contributed by atoms with van der Waals surface area (Å²) in [5.41, 5.74) is 2.02. The van der Waals surface area contributed by atoms with Gasteiger partial charge in [-0.1, -0.05) is 19.1 Å². The molecular formula is C18H23N5O. The summed E-state index contributed by atoms with van der Waals surface area (Å²) >= 11 is 0. The van der Waals surface area contributed by atoms with E-state index in [4.69, 9.17) is 0 Å². The fourth-order valence-electron chi connectivity index (χ4n) is 3.71. The van der Waals surface area contributed by atoms with E-state index in [2.05, 4.69) is 25.8 Å². The molecule has 2 heterocycles. The molecular weight excluding hydrogens is 302 g/mol. The maximum Gasteiger partial charge on any atom is 0.251 e. The number of aromatic amines is 1. The third-order valence-electron chi connectivity index (χ3n) is 5.29. The zero-order valence-corrected chi connectivity index (χ0v) is 13.9. The fourth-order valence-corrected chi connectivity index (χ4v) is 3.71. The van der Waals surface area contributed by atoms with Gasteiger partial charge in [0.2, 0.25) is 0 Å². The molecule has 0 atom stereocenters. The number of rotatable bonds is 5. The molecule has 6 nitrogen and oxygen atoms in total. The second kappa shape index (κ2) is 6.02. The Morgan fingerprint density at radius 3 is 2.67 bits per heavy atom. The lowest BCUT2D eigenvalue weighted by atomic mass is 9.63. The van der Waals surface area contributed by atoms with Crippen molar-refractivity contribution in [1.29, 1.82) is 0 Å². The van der Waals surface area contributed by atoms with Crippen LogP contribution in [0.1, 0.15) is 42.4 Å². The number of amides is 1. The number of carbonyl (C=O) groups is 1. The Morgan fingerprint density at radius 2 is 2.08 bits per heavy atom. The van der Waals surface area contributed by atoms with Crippen molar-refractivity contribution in [2.45, 2.75) is 38.1 Å². The summed E-state index contributed by atoms with van der Waals surface area (Å²) in [7, 11) is 0. The molecule has 1 aliphatic carbocycles. The summed E-state index contributed by atoms with van der Waals surface area (Å²) in [5, 5.41) is 13.7. The van der Waals surface area contributed by atoms with Gasteiger partial charge in [-0.05, 0) is 43.9 Å². The van der Waals surface area contributed by atoms with Gasteiger partial charge in [0.1, 0.15) is 5.82 Å². The number of nitrogens with one attached hydrogen (secondary N) is 3. The van der Waals surface area contributed by atoms with Crippen molar-refractivity contribution in [3.8, 4) is 11.4 Å². The summed E-state index contributed by atoms with van der Waals surface area (Å²) < 4.78 is 0. The first kappa shape index (κ1) is 15.3. The molecule has 24 heavy (non-hydrogen) atoms. The Hall–Kier alpha value is -2.21. The van der Waals surface area contributed by atoms with E-state index in [0.717, 1.165) is 30.9 Å². The molecule has 2 aliphatic rings. The number of nitrogens with zero attached hydrogens (tertiary/aromatic N) is 2. The van der Waals surface area contributed by atoms with Gasteiger partial charge in [-0.2, -0.15) is 5.10 Å². The van der Waals surface area contributed by atoms with Crippen LogP contribution in [0.25, 0.3) is 11.4 Å². The topological polar surface area (TPSA) is 82.7 Å². The molecule has 1 aliphatic heterocycles. The van der Waals surface area contributed by atoms with E-state index in [1.807, 2.05) is 31.2 Å². The van der Waals surface area contributed by atoms with Gasteiger partial charge < -0.3 is 10.6 Å². The van der Waals surface area contributed by atoms with Crippen molar-refractivity contribution in [2.75, 3.05) is 13.1 Å². The number of hydrogen-bond acceptors (Lipinski definition) is 4. The molecule has 0 bridgehead atoms. The number of aryl methyl sites for hydroxylation is 1. The van der Waals surface area contributed by atoms with Crippen LogP contribution in [0.3, 0.4) is 0 Å². The average molecular weight is 325 g/mol. The minimum absolute atomic E-state index is 0.00620. The molecule has 2 aromatic rings. The van der Waals surface area contributed by atoms with Gasteiger partial charge in [0.25, 0.3) is 5.91 Å². The largest absolute Gasteiger partial charge is 0.352 e. The predicted octanol–water partition coefficient (Wildman–Crippen LogP) is 1.91. The molecule has 1 aromatic heterocycles. The molecule has 0 radical (unpaired) electrons. The standard InChI is InChI=1S/C18H23N5O/c1-2-15-21-16(23-22-15)13-3-5-14(6-4-13)17(24)19-11-12-9-18(10-12)7-8-20-18/h3-6,12,20H,2,7-11H2,1H3,(H,19,24)(H,21,22,23). The van der Waals surface area contributed by atoms with E-state index in [1.54, 1.807) is 0 Å². The fraction of sp³-hybridized carbons (Fsp3) is 0.500. The smallest absolute Gasteiger partial charge is 0.251 e. The highest BCUT2D eigenvalue weighted by atomic mass is 16.1. The molecule has 1 spiro atoms. The predicted molar refractivity (Wildman–Crippen MR) is 91.6 cm³/mol. The molecule has 1 amide bonds. The lowest BCUT2D eigenvalue weighted by Crippen LogP contribution is -2.65. The summed E-state index contributed by atoms with van der Waals surface area (Å²) in [6.45, 7) is 3.95. The lowest BCUT2D eigenvalue weighted by Gasteiger charge is -2.55. The minimum atomic E-state index is -0.00620. The molecule has 2 fully saturated rings. The normalized spacial score (nSPS) is 25.1. The minimum Gasteiger partial charge on any atom is -0.352 e. The molecule has 126 valence electrons. The Morgan fingerprint density at radius 1 is 1.33 bits per heavy atom. The number of carbonyl (C=O) groups excluding carboxylic acids is 1. The number of aromatic nitrogens is 3. The van der Waals surface area contributed by atoms with Crippen LogP contribution in [0.2, 0.25) is 0 Å². The quantitative estimate of drug-likeness (QED) is 0.784. The third kappa shape index (κ3) is 2.82. The van der Waals surface area contributed by atoms with E-state index in [-0.39, 0.29) is 5.91 Å². The van der Waals surface area contributed by atoms with Gasteiger partial charge in [0.05, 0.1) is 0 Å².